The van der Waals surface area contributed by atoms with E-state index < -0.39 is 7.12 Å². The molecule has 0 saturated heterocycles. The van der Waals surface area contributed by atoms with E-state index >= 15 is 0 Å². The molecule has 3 rings (SSSR count). The highest BCUT2D eigenvalue weighted by Crippen LogP contribution is 2.23. The van der Waals surface area contributed by atoms with E-state index in [1.54, 1.807) is 18.2 Å². The van der Waals surface area contributed by atoms with Crippen molar-refractivity contribution in [2.45, 2.75) is 0 Å². The second-order valence-corrected chi connectivity index (χ2v) is 3.76. The molecule has 0 amide bonds. The van der Waals surface area contributed by atoms with Gasteiger partial charge in [0.05, 0.1) is 5.56 Å². The van der Waals surface area contributed by atoms with Crippen LogP contribution in [0.1, 0.15) is 10.4 Å². The number of benzene rings is 2. The quantitative estimate of drug-likeness (QED) is 0.690. The Bertz CT molecular complexity index is 554. The number of rotatable bonds is 1. The topological polar surface area (TPSA) is 35.5 Å². The highest BCUT2D eigenvalue weighted by Gasteiger charge is 2.35. The summed E-state index contributed by atoms with van der Waals surface area (Å²) in [6.07, 6.45) is 0. The van der Waals surface area contributed by atoms with Crippen LogP contribution in [0.3, 0.4) is 0 Å². The van der Waals surface area contributed by atoms with Crippen LogP contribution in [-0.4, -0.2) is 13.1 Å². The second-order valence-electron chi connectivity index (χ2n) is 3.76. The van der Waals surface area contributed by atoms with Crippen LogP contribution in [0.5, 0.6) is 5.75 Å². The predicted molar refractivity (Wildman–Crippen MR) is 64.3 cm³/mol. The fourth-order valence-corrected chi connectivity index (χ4v) is 1.78. The van der Waals surface area contributed by atoms with E-state index in [9.17, 15) is 4.79 Å². The first-order valence-corrected chi connectivity index (χ1v) is 5.36. The fourth-order valence-electron chi connectivity index (χ4n) is 1.78. The Labute approximate surface area is 99.1 Å². The molecule has 4 heteroatoms. The minimum atomic E-state index is -0.654. The Morgan fingerprint density at radius 1 is 0.824 bits per heavy atom. The summed E-state index contributed by atoms with van der Waals surface area (Å²) >= 11 is 0. The average Bonchev–Trinajstić information content (AvgIpc) is 2.40. The van der Waals surface area contributed by atoms with E-state index in [-0.39, 0.29) is 5.97 Å². The maximum Gasteiger partial charge on any atom is 0.634 e. The van der Waals surface area contributed by atoms with Crippen molar-refractivity contribution in [3.05, 3.63) is 60.2 Å². The van der Waals surface area contributed by atoms with E-state index in [4.69, 9.17) is 9.31 Å². The summed E-state index contributed by atoms with van der Waals surface area (Å²) in [6.45, 7) is 0. The lowest BCUT2D eigenvalue weighted by atomic mass is 9.78. The van der Waals surface area contributed by atoms with Crippen molar-refractivity contribution in [2.24, 2.45) is 0 Å². The zero-order valence-electron chi connectivity index (χ0n) is 9.00. The van der Waals surface area contributed by atoms with E-state index in [0.29, 0.717) is 11.3 Å². The van der Waals surface area contributed by atoms with Crippen molar-refractivity contribution in [1.82, 2.24) is 0 Å². The van der Waals surface area contributed by atoms with Crippen LogP contribution in [0.15, 0.2) is 54.6 Å². The van der Waals surface area contributed by atoms with Crippen LogP contribution in [0, 0.1) is 0 Å². The van der Waals surface area contributed by atoms with Crippen LogP contribution in [0.2, 0.25) is 0 Å². The molecule has 2 aromatic rings. The highest BCUT2D eigenvalue weighted by atomic mass is 16.6. The molecule has 1 aliphatic heterocycles. The molecule has 0 atom stereocenters. The molecular weight excluding hydrogens is 215 g/mol. The lowest BCUT2D eigenvalue weighted by Gasteiger charge is -2.22. The van der Waals surface area contributed by atoms with E-state index in [2.05, 4.69) is 0 Å². The largest absolute Gasteiger partial charge is 0.634 e. The molecule has 0 aromatic heterocycles. The summed E-state index contributed by atoms with van der Waals surface area (Å²) < 4.78 is 10.9. The molecule has 0 fully saturated rings. The molecule has 3 nitrogen and oxygen atoms in total. The normalized spacial score (nSPS) is 13.6. The standard InChI is InChI=1S/C13H9BO3/c15-13-11-8-4-5-9-12(11)16-14(17-13)10-6-2-1-3-7-10/h1-9H. The predicted octanol–water partition coefficient (Wildman–Crippen LogP) is 1.63. The van der Waals surface area contributed by atoms with E-state index in [1.165, 1.54) is 0 Å². The minimum Gasteiger partial charge on any atom is -0.521 e. The molecule has 1 aliphatic rings. The van der Waals surface area contributed by atoms with Crippen molar-refractivity contribution in [2.75, 3.05) is 0 Å². The van der Waals surface area contributed by atoms with Gasteiger partial charge in [-0.3, -0.25) is 0 Å². The Morgan fingerprint density at radius 3 is 2.35 bits per heavy atom. The van der Waals surface area contributed by atoms with Crippen LogP contribution < -0.4 is 10.1 Å². The number of carbonyl (C=O) groups is 1. The van der Waals surface area contributed by atoms with Crippen molar-refractivity contribution < 1.29 is 14.1 Å². The molecule has 1 heterocycles. The highest BCUT2D eigenvalue weighted by molar-refractivity contribution is 6.64. The molecule has 0 unspecified atom stereocenters. The van der Waals surface area contributed by atoms with Crippen molar-refractivity contribution in [3.8, 4) is 5.75 Å². The monoisotopic (exact) mass is 224 g/mol. The summed E-state index contributed by atoms with van der Waals surface area (Å²) in [7, 11) is -0.654. The van der Waals surface area contributed by atoms with Crippen LogP contribution in [-0.2, 0) is 4.65 Å². The summed E-state index contributed by atoms with van der Waals surface area (Å²) in [5.41, 5.74) is 1.30. The number of carbonyl (C=O) groups excluding carboxylic acids is 1. The maximum absolute atomic E-state index is 11.8. The third kappa shape index (κ3) is 1.78. The van der Waals surface area contributed by atoms with Crippen molar-refractivity contribution in [3.63, 3.8) is 0 Å². The first-order chi connectivity index (χ1) is 8.34. The molecule has 0 spiro atoms. The third-order valence-electron chi connectivity index (χ3n) is 2.63. The van der Waals surface area contributed by atoms with E-state index in [0.717, 1.165) is 5.46 Å². The molecular formula is C13H9BO3. The van der Waals surface area contributed by atoms with Gasteiger partial charge in [0.1, 0.15) is 5.75 Å². The zero-order valence-corrected chi connectivity index (χ0v) is 9.00. The number of hydrogen-bond donors (Lipinski definition) is 0. The van der Waals surface area contributed by atoms with Crippen LogP contribution >= 0.6 is 0 Å². The first kappa shape index (κ1) is 9.96. The van der Waals surface area contributed by atoms with Crippen LogP contribution in [0.25, 0.3) is 0 Å². The Balaban J connectivity index is 1.97. The van der Waals surface area contributed by atoms with Gasteiger partial charge in [0.25, 0.3) is 0 Å². The fraction of sp³-hybridized carbons (Fsp3) is 0. The van der Waals surface area contributed by atoms with Gasteiger partial charge in [-0.2, -0.15) is 0 Å². The molecule has 17 heavy (non-hydrogen) atoms. The molecule has 0 radical (unpaired) electrons. The van der Waals surface area contributed by atoms with Gasteiger partial charge < -0.3 is 9.31 Å². The van der Waals surface area contributed by atoms with Gasteiger partial charge >= 0.3 is 13.1 Å². The Hall–Kier alpha value is -2.23. The summed E-state index contributed by atoms with van der Waals surface area (Å²) in [6, 6.07) is 16.5. The van der Waals surface area contributed by atoms with E-state index in [1.807, 2.05) is 36.4 Å². The molecule has 0 bridgehead atoms. The van der Waals surface area contributed by atoms with Gasteiger partial charge in [-0.15, -0.1) is 0 Å². The molecule has 0 saturated carbocycles. The second kappa shape index (κ2) is 3.98. The average molecular weight is 224 g/mol. The molecule has 82 valence electrons. The van der Waals surface area contributed by atoms with Gasteiger partial charge in [0, 0.05) is 5.46 Å². The minimum absolute atomic E-state index is 0.347. The lowest BCUT2D eigenvalue weighted by molar-refractivity contribution is 0.0687. The molecule has 0 N–H and O–H groups in total. The number of fused-ring (bicyclic) bond motifs is 1. The van der Waals surface area contributed by atoms with Gasteiger partial charge in [-0.1, -0.05) is 42.5 Å². The summed E-state index contributed by atoms with van der Waals surface area (Å²) in [5.74, 6) is 0.221. The SMILES string of the molecule is O=C1OB(c2ccccc2)Oc2ccccc21. The van der Waals surface area contributed by atoms with Crippen LogP contribution in [0.4, 0.5) is 0 Å². The van der Waals surface area contributed by atoms with Gasteiger partial charge in [0.15, 0.2) is 0 Å². The van der Waals surface area contributed by atoms with Crippen molar-refractivity contribution >= 4 is 18.6 Å². The Kier molecular flexibility index (Phi) is 2.33. The molecule has 2 aromatic carbocycles. The smallest absolute Gasteiger partial charge is 0.521 e. The lowest BCUT2D eigenvalue weighted by Crippen LogP contribution is -2.44. The zero-order chi connectivity index (χ0) is 11.7. The maximum atomic E-state index is 11.8. The number of para-hydroxylation sites is 1. The third-order valence-corrected chi connectivity index (χ3v) is 2.63. The summed E-state index contributed by atoms with van der Waals surface area (Å²) in [4.78, 5) is 11.8. The van der Waals surface area contributed by atoms with Gasteiger partial charge in [-0.25, -0.2) is 4.79 Å². The van der Waals surface area contributed by atoms with Gasteiger partial charge in [-0.05, 0) is 12.1 Å². The Morgan fingerprint density at radius 2 is 1.53 bits per heavy atom. The number of hydrogen-bond acceptors (Lipinski definition) is 3. The van der Waals surface area contributed by atoms with Gasteiger partial charge in [0.2, 0.25) is 0 Å². The van der Waals surface area contributed by atoms with Crippen molar-refractivity contribution in [1.29, 1.82) is 0 Å². The summed E-state index contributed by atoms with van der Waals surface area (Å²) in [5, 5.41) is 0. The molecule has 0 aliphatic carbocycles. The first-order valence-electron chi connectivity index (χ1n) is 5.36.